The van der Waals surface area contributed by atoms with Crippen LogP contribution in [0.3, 0.4) is 0 Å². The number of hydrogen-bond donors (Lipinski definition) is 1. The molecule has 2 aromatic rings. The summed E-state index contributed by atoms with van der Waals surface area (Å²) >= 11 is 0. The summed E-state index contributed by atoms with van der Waals surface area (Å²) in [6.45, 7) is 0. The molecule has 112 valence electrons. The van der Waals surface area contributed by atoms with Gasteiger partial charge in [-0.1, -0.05) is 54.5 Å². The molecule has 2 aromatic carbocycles. The van der Waals surface area contributed by atoms with E-state index in [1.165, 1.54) is 24.3 Å². The molecule has 0 aliphatic rings. The van der Waals surface area contributed by atoms with Crippen molar-refractivity contribution in [1.29, 1.82) is 0 Å². The molecule has 0 bridgehead atoms. The van der Waals surface area contributed by atoms with E-state index in [-0.39, 0.29) is 32.5 Å². The maximum atomic E-state index is 13.1. The van der Waals surface area contributed by atoms with Crippen molar-refractivity contribution >= 4 is 0 Å². The molecule has 0 radical (unpaired) electrons. The zero-order valence-electron chi connectivity index (χ0n) is 12.1. The zero-order valence-corrected chi connectivity index (χ0v) is 15.0. The summed E-state index contributed by atoms with van der Waals surface area (Å²) in [4.78, 5) is 0. The molecule has 0 spiro atoms. The molecule has 1 nitrogen and oxygen atoms in total. The van der Waals surface area contributed by atoms with E-state index in [2.05, 4.69) is 5.92 Å². The number of alkyl halides is 3. The van der Waals surface area contributed by atoms with Crippen molar-refractivity contribution in [2.75, 3.05) is 0 Å². The fraction of sp³-hybridized carbons (Fsp3) is 0.118. The van der Waals surface area contributed by atoms with E-state index in [1.54, 1.807) is 36.4 Å². The molecule has 2 rings (SSSR count). The Morgan fingerprint density at radius 3 is 1.73 bits per heavy atom. The minimum atomic E-state index is -4.88. The second-order valence-corrected chi connectivity index (χ2v) is 4.19. The number of aliphatic hydroxyl groups is 1. The Morgan fingerprint density at radius 2 is 1.27 bits per heavy atom. The van der Waals surface area contributed by atoms with E-state index < -0.39 is 11.8 Å². The van der Waals surface area contributed by atoms with E-state index in [0.717, 1.165) is 0 Å². The van der Waals surface area contributed by atoms with Crippen LogP contribution in [-0.4, -0.2) is 11.3 Å². The average Bonchev–Trinajstić information content (AvgIpc) is 2.45. The van der Waals surface area contributed by atoms with Gasteiger partial charge in [-0.25, -0.2) is 0 Å². The standard InChI is InChI=1S/C16H11F3O.CH3.Zn/c17-16(18,19)15(20,14-9-5-2-6-10-14)12-11-13-7-3-1-4-8-13;;/h1-10,20H;1H3;/q;-1;/t15-;;/m0../s1. The van der Waals surface area contributed by atoms with Gasteiger partial charge in [0.1, 0.15) is 0 Å². The first-order chi connectivity index (χ1) is 9.43. The van der Waals surface area contributed by atoms with Crippen LogP contribution >= 0.6 is 0 Å². The smallest absolute Gasteiger partial charge is 0.366 e. The van der Waals surface area contributed by atoms with Gasteiger partial charge < -0.3 is 12.5 Å². The van der Waals surface area contributed by atoms with Crippen LogP contribution in [0.2, 0.25) is 0 Å². The molecular formula is C17H14F3OZn-. The molecular weight excluding hydrogens is 343 g/mol. The third-order valence-electron chi connectivity index (χ3n) is 2.76. The molecule has 22 heavy (non-hydrogen) atoms. The van der Waals surface area contributed by atoms with Gasteiger partial charge in [0.05, 0.1) is 0 Å². The third-order valence-corrected chi connectivity index (χ3v) is 2.76. The van der Waals surface area contributed by atoms with Crippen LogP contribution in [0.4, 0.5) is 13.2 Å². The first-order valence-electron chi connectivity index (χ1n) is 5.86. The molecule has 0 aliphatic heterocycles. The fourth-order valence-electron chi connectivity index (χ4n) is 1.67. The van der Waals surface area contributed by atoms with Crippen molar-refractivity contribution < 1.29 is 37.8 Å². The second-order valence-electron chi connectivity index (χ2n) is 4.19. The molecule has 0 fully saturated rings. The number of hydrogen-bond acceptors (Lipinski definition) is 1. The number of benzene rings is 2. The van der Waals surface area contributed by atoms with Gasteiger partial charge in [-0.2, -0.15) is 13.2 Å². The maximum absolute atomic E-state index is 13.1. The largest absolute Gasteiger partial charge is 0.433 e. The van der Waals surface area contributed by atoms with Crippen molar-refractivity contribution in [3.63, 3.8) is 0 Å². The van der Waals surface area contributed by atoms with Crippen LogP contribution in [0, 0.1) is 19.3 Å². The van der Waals surface area contributed by atoms with Gasteiger partial charge in [-0.3, -0.25) is 0 Å². The summed E-state index contributed by atoms with van der Waals surface area (Å²) in [6, 6.07) is 15.1. The van der Waals surface area contributed by atoms with Crippen LogP contribution < -0.4 is 0 Å². The molecule has 0 amide bonds. The van der Waals surface area contributed by atoms with Crippen molar-refractivity contribution in [1.82, 2.24) is 0 Å². The Balaban J connectivity index is 0.00000220. The van der Waals surface area contributed by atoms with Gasteiger partial charge in [0.25, 0.3) is 0 Å². The summed E-state index contributed by atoms with van der Waals surface area (Å²) < 4.78 is 39.4. The molecule has 0 aliphatic carbocycles. The van der Waals surface area contributed by atoms with Gasteiger partial charge in [0, 0.05) is 30.6 Å². The Bertz CT molecular complexity index is 630. The van der Waals surface area contributed by atoms with Crippen LogP contribution in [0.1, 0.15) is 11.1 Å². The van der Waals surface area contributed by atoms with Gasteiger partial charge in [0.2, 0.25) is 5.60 Å². The number of rotatable bonds is 1. The normalized spacial score (nSPS) is 12.7. The summed E-state index contributed by atoms with van der Waals surface area (Å²) in [5, 5.41) is 9.98. The van der Waals surface area contributed by atoms with Crippen LogP contribution in [0.25, 0.3) is 0 Å². The van der Waals surface area contributed by atoms with Crippen LogP contribution in [0.15, 0.2) is 60.7 Å². The van der Waals surface area contributed by atoms with Crippen molar-refractivity contribution in [2.24, 2.45) is 0 Å². The minimum absolute atomic E-state index is 0. The summed E-state index contributed by atoms with van der Waals surface area (Å²) in [7, 11) is 0. The predicted molar refractivity (Wildman–Crippen MR) is 76.1 cm³/mol. The molecule has 0 aromatic heterocycles. The van der Waals surface area contributed by atoms with Crippen molar-refractivity contribution in [2.45, 2.75) is 11.8 Å². The molecule has 5 heteroatoms. The zero-order chi connectivity index (χ0) is 14.6. The Labute approximate surface area is 140 Å². The maximum Gasteiger partial charge on any atom is 0.433 e. The molecule has 0 unspecified atom stereocenters. The second kappa shape index (κ2) is 8.12. The molecule has 0 heterocycles. The summed E-state index contributed by atoms with van der Waals surface area (Å²) in [6.07, 6.45) is -4.88. The monoisotopic (exact) mass is 355 g/mol. The predicted octanol–water partition coefficient (Wildman–Crippen LogP) is 3.94. The first-order valence-corrected chi connectivity index (χ1v) is 5.86. The molecule has 0 saturated carbocycles. The molecule has 1 atom stereocenters. The summed E-state index contributed by atoms with van der Waals surface area (Å²) in [5.74, 6) is 4.32. The van der Waals surface area contributed by atoms with E-state index in [4.69, 9.17) is 0 Å². The van der Waals surface area contributed by atoms with E-state index in [1.807, 2.05) is 5.92 Å². The number of halogens is 3. The van der Waals surface area contributed by atoms with Crippen LogP contribution in [-0.2, 0) is 25.1 Å². The Kier molecular flexibility index (Phi) is 7.52. The SMILES string of the molecule is O[C@@](C#Cc1ccccc1)(c1ccccc1)C(F)(F)F.[CH3-].[Zn]. The minimum Gasteiger partial charge on any atom is -0.366 e. The Morgan fingerprint density at radius 1 is 0.818 bits per heavy atom. The Hall–Kier alpha value is -1.63. The van der Waals surface area contributed by atoms with Gasteiger partial charge in [-0.15, -0.1) is 0 Å². The topological polar surface area (TPSA) is 20.2 Å². The van der Waals surface area contributed by atoms with Gasteiger partial charge >= 0.3 is 6.18 Å². The van der Waals surface area contributed by atoms with Gasteiger partial charge in [-0.05, 0) is 18.1 Å². The van der Waals surface area contributed by atoms with Crippen LogP contribution in [0.5, 0.6) is 0 Å². The third kappa shape index (κ3) is 4.43. The van der Waals surface area contributed by atoms with E-state index >= 15 is 0 Å². The van der Waals surface area contributed by atoms with E-state index in [0.29, 0.717) is 5.56 Å². The quantitative estimate of drug-likeness (QED) is 0.466. The average molecular weight is 357 g/mol. The first kappa shape index (κ1) is 20.4. The fourth-order valence-corrected chi connectivity index (χ4v) is 1.67. The molecule has 0 saturated heterocycles. The molecule has 1 N–H and O–H groups in total. The summed E-state index contributed by atoms with van der Waals surface area (Å²) in [5.41, 5.74) is -3.06. The van der Waals surface area contributed by atoms with Crippen molar-refractivity contribution in [3.05, 3.63) is 79.2 Å². The van der Waals surface area contributed by atoms with Gasteiger partial charge in [0.15, 0.2) is 0 Å². The van der Waals surface area contributed by atoms with E-state index in [9.17, 15) is 18.3 Å². The van der Waals surface area contributed by atoms with Crippen molar-refractivity contribution in [3.8, 4) is 11.8 Å².